The van der Waals surface area contributed by atoms with Crippen LogP contribution in [0.15, 0.2) is 18.2 Å². The van der Waals surface area contributed by atoms with Crippen LogP contribution in [-0.2, 0) is 4.74 Å². The first kappa shape index (κ1) is 13.3. The van der Waals surface area contributed by atoms with Gasteiger partial charge in [0.2, 0.25) is 0 Å². The number of ether oxygens (including phenoxy) is 1. The first-order valence-electron chi connectivity index (χ1n) is 5.82. The first-order chi connectivity index (χ1) is 7.74. The molecule has 0 spiro atoms. The van der Waals surface area contributed by atoms with Gasteiger partial charge >= 0.3 is 0 Å². The predicted molar refractivity (Wildman–Crippen MR) is 70.4 cm³/mol. The third-order valence-electron chi connectivity index (χ3n) is 2.33. The SMILES string of the molecule is CCCCOCCNc1cc(C)ccc1Cl. The fourth-order valence-corrected chi connectivity index (χ4v) is 1.57. The van der Waals surface area contributed by atoms with Crippen molar-refractivity contribution in [2.45, 2.75) is 26.7 Å². The molecule has 2 nitrogen and oxygen atoms in total. The van der Waals surface area contributed by atoms with E-state index in [1.807, 2.05) is 18.2 Å². The van der Waals surface area contributed by atoms with Gasteiger partial charge in [-0.3, -0.25) is 0 Å². The van der Waals surface area contributed by atoms with Gasteiger partial charge in [-0.25, -0.2) is 0 Å². The maximum Gasteiger partial charge on any atom is 0.0639 e. The smallest absolute Gasteiger partial charge is 0.0639 e. The Bertz CT molecular complexity index is 315. The second-order valence-electron chi connectivity index (χ2n) is 3.88. The average Bonchev–Trinajstić information content (AvgIpc) is 2.28. The van der Waals surface area contributed by atoms with Gasteiger partial charge in [-0.1, -0.05) is 31.0 Å². The van der Waals surface area contributed by atoms with E-state index in [0.29, 0.717) is 0 Å². The fourth-order valence-electron chi connectivity index (χ4n) is 1.38. The van der Waals surface area contributed by atoms with Crippen molar-refractivity contribution in [3.63, 3.8) is 0 Å². The van der Waals surface area contributed by atoms with Crippen molar-refractivity contribution >= 4 is 17.3 Å². The summed E-state index contributed by atoms with van der Waals surface area (Å²) in [6.45, 7) is 6.59. The summed E-state index contributed by atoms with van der Waals surface area (Å²) in [5.74, 6) is 0. The summed E-state index contributed by atoms with van der Waals surface area (Å²) >= 11 is 6.06. The lowest BCUT2D eigenvalue weighted by atomic mass is 10.2. The molecule has 0 aliphatic carbocycles. The van der Waals surface area contributed by atoms with Crippen LogP contribution < -0.4 is 5.32 Å². The van der Waals surface area contributed by atoms with Gasteiger partial charge in [0.05, 0.1) is 17.3 Å². The number of rotatable bonds is 7. The largest absolute Gasteiger partial charge is 0.382 e. The molecule has 0 saturated heterocycles. The van der Waals surface area contributed by atoms with Gasteiger partial charge in [0.15, 0.2) is 0 Å². The van der Waals surface area contributed by atoms with Crippen LogP contribution in [0.25, 0.3) is 0 Å². The Hall–Kier alpha value is -0.730. The Labute approximate surface area is 103 Å². The van der Waals surface area contributed by atoms with E-state index >= 15 is 0 Å². The summed E-state index contributed by atoms with van der Waals surface area (Å²) in [7, 11) is 0. The van der Waals surface area contributed by atoms with Gasteiger partial charge in [0, 0.05) is 13.2 Å². The van der Waals surface area contributed by atoms with Gasteiger partial charge in [-0.05, 0) is 31.0 Å². The third-order valence-corrected chi connectivity index (χ3v) is 2.66. The van der Waals surface area contributed by atoms with Crippen LogP contribution in [0, 0.1) is 6.92 Å². The Morgan fingerprint density at radius 3 is 2.88 bits per heavy atom. The Kier molecular flexibility index (Phi) is 6.27. The molecular weight excluding hydrogens is 222 g/mol. The van der Waals surface area contributed by atoms with E-state index < -0.39 is 0 Å². The van der Waals surface area contributed by atoms with Crippen LogP contribution in [0.3, 0.4) is 0 Å². The summed E-state index contributed by atoms with van der Waals surface area (Å²) in [6.07, 6.45) is 2.31. The Balaban J connectivity index is 2.23. The zero-order valence-electron chi connectivity index (χ0n) is 10.1. The lowest BCUT2D eigenvalue weighted by molar-refractivity contribution is 0.141. The molecule has 0 aromatic heterocycles. The van der Waals surface area contributed by atoms with Crippen LogP contribution >= 0.6 is 11.6 Å². The molecule has 0 bridgehead atoms. The molecule has 0 heterocycles. The molecule has 0 aliphatic rings. The fraction of sp³-hybridized carbons (Fsp3) is 0.538. The van der Waals surface area contributed by atoms with Crippen LogP contribution in [0.5, 0.6) is 0 Å². The summed E-state index contributed by atoms with van der Waals surface area (Å²) in [4.78, 5) is 0. The number of hydrogen-bond donors (Lipinski definition) is 1. The Morgan fingerprint density at radius 2 is 2.12 bits per heavy atom. The van der Waals surface area contributed by atoms with Crippen LogP contribution in [-0.4, -0.2) is 19.8 Å². The van der Waals surface area contributed by atoms with Crippen molar-refractivity contribution in [2.24, 2.45) is 0 Å². The van der Waals surface area contributed by atoms with E-state index in [4.69, 9.17) is 16.3 Å². The van der Waals surface area contributed by atoms with Crippen molar-refractivity contribution in [3.05, 3.63) is 28.8 Å². The number of benzene rings is 1. The number of anilines is 1. The minimum atomic E-state index is 0.726. The van der Waals surface area contributed by atoms with Gasteiger partial charge in [-0.15, -0.1) is 0 Å². The zero-order valence-corrected chi connectivity index (χ0v) is 10.8. The lowest BCUT2D eigenvalue weighted by Crippen LogP contribution is -2.10. The lowest BCUT2D eigenvalue weighted by Gasteiger charge is -2.09. The normalized spacial score (nSPS) is 10.4. The van der Waals surface area contributed by atoms with Crippen molar-refractivity contribution in [3.8, 4) is 0 Å². The molecule has 0 amide bonds. The number of unbranched alkanes of at least 4 members (excludes halogenated alkanes) is 1. The monoisotopic (exact) mass is 241 g/mol. The highest BCUT2D eigenvalue weighted by Gasteiger charge is 1.98. The molecule has 1 aromatic rings. The number of aryl methyl sites for hydroxylation is 1. The van der Waals surface area contributed by atoms with Gasteiger partial charge in [-0.2, -0.15) is 0 Å². The first-order valence-corrected chi connectivity index (χ1v) is 6.19. The molecule has 16 heavy (non-hydrogen) atoms. The van der Waals surface area contributed by atoms with Crippen molar-refractivity contribution in [1.29, 1.82) is 0 Å². The van der Waals surface area contributed by atoms with Gasteiger partial charge in [0.1, 0.15) is 0 Å². The second kappa shape index (κ2) is 7.53. The van der Waals surface area contributed by atoms with Gasteiger partial charge < -0.3 is 10.1 Å². The second-order valence-corrected chi connectivity index (χ2v) is 4.28. The highest BCUT2D eigenvalue weighted by atomic mass is 35.5. The van der Waals surface area contributed by atoms with Crippen molar-refractivity contribution in [2.75, 3.05) is 25.1 Å². The van der Waals surface area contributed by atoms with E-state index in [1.165, 1.54) is 12.0 Å². The maximum atomic E-state index is 6.06. The average molecular weight is 242 g/mol. The highest BCUT2D eigenvalue weighted by Crippen LogP contribution is 2.22. The molecule has 0 fully saturated rings. The quantitative estimate of drug-likeness (QED) is 0.732. The molecule has 0 radical (unpaired) electrons. The minimum absolute atomic E-state index is 0.726. The van der Waals surface area contributed by atoms with Crippen LogP contribution in [0.2, 0.25) is 5.02 Å². The Morgan fingerprint density at radius 1 is 1.31 bits per heavy atom. The number of nitrogens with one attached hydrogen (secondary N) is 1. The molecule has 0 unspecified atom stereocenters. The molecule has 0 saturated carbocycles. The van der Waals surface area contributed by atoms with E-state index in [0.717, 1.165) is 36.9 Å². The van der Waals surface area contributed by atoms with Crippen molar-refractivity contribution in [1.82, 2.24) is 0 Å². The summed E-state index contributed by atoms with van der Waals surface area (Å²) < 4.78 is 5.46. The van der Waals surface area contributed by atoms with E-state index in [2.05, 4.69) is 19.2 Å². The van der Waals surface area contributed by atoms with E-state index in [1.54, 1.807) is 0 Å². The molecule has 0 atom stereocenters. The molecule has 1 rings (SSSR count). The highest BCUT2D eigenvalue weighted by molar-refractivity contribution is 6.33. The molecular formula is C13H20ClNO. The molecule has 3 heteroatoms. The number of halogens is 1. The standard InChI is InChI=1S/C13H20ClNO/c1-3-4-8-16-9-7-15-13-10-11(2)5-6-12(13)14/h5-6,10,15H,3-4,7-9H2,1-2H3. The topological polar surface area (TPSA) is 21.3 Å². The van der Waals surface area contributed by atoms with Crippen molar-refractivity contribution < 1.29 is 4.74 Å². The van der Waals surface area contributed by atoms with Crippen LogP contribution in [0.4, 0.5) is 5.69 Å². The zero-order chi connectivity index (χ0) is 11.8. The maximum absolute atomic E-state index is 6.06. The van der Waals surface area contributed by atoms with E-state index in [9.17, 15) is 0 Å². The van der Waals surface area contributed by atoms with E-state index in [-0.39, 0.29) is 0 Å². The predicted octanol–water partition coefficient (Wildman–Crippen LogP) is 3.88. The molecule has 90 valence electrons. The van der Waals surface area contributed by atoms with Gasteiger partial charge in [0.25, 0.3) is 0 Å². The third kappa shape index (κ3) is 4.86. The molecule has 0 aliphatic heterocycles. The minimum Gasteiger partial charge on any atom is -0.382 e. The van der Waals surface area contributed by atoms with Crippen LogP contribution in [0.1, 0.15) is 25.3 Å². The summed E-state index contributed by atoms with van der Waals surface area (Å²) in [5, 5.41) is 4.04. The molecule has 1 aromatic carbocycles. The summed E-state index contributed by atoms with van der Waals surface area (Å²) in [6, 6.07) is 5.97. The summed E-state index contributed by atoms with van der Waals surface area (Å²) in [5.41, 5.74) is 2.19. The molecule has 1 N–H and O–H groups in total. The number of hydrogen-bond acceptors (Lipinski definition) is 2.